The van der Waals surface area contributed by atoms with Crippen LogP contribution in [0.3, 0.4) is 0 Å². The first kappa shape index (κ1) is 17.0. The van der Waals surface area contributed by atoms with Gasteiger partial charge >= 0.3 is 0 Å². The summed E-state index contributed by atoms with van der Waals surface area (Å²) in [7, 11) is 0. The van der Waals surface area contributed by atoms with Crippen molar-refractivity contribution in [3.8, 4) is 0 Å². The van der Waals surface area contributed by atoms with Crippen molar-refractivity contribution in [3.63, 3.8) is 0 Å². The molecule has 0 radical (unpaired) electrons. The molecular formula is C20H28N2O2. The first-order valence-electron chi connectivity index (χ1n) is 9.02. The number of anilines is 1. The Hall–Kier alpha value is -1.84. The smallest absolute Gasteiger partial charge is 0.251 e. The van der Waals surface area contributed by atoms with E-state index in [0.29, 0.717) is 17.9 Å². The fraction of sp³-hybridized carbons (Fsp3) is 0.600. The van der Waals surface area contributed by atoms with Crippen LogP contribution in [0.5, 0.6) is 0 Å². The number of amides is 2. The van der Waals surface area contributed by atoms with Gasteiger partial charge in [-0.3, -0.25) is 9.59 Å². The summed E-state index contributed by atoms with van der Waals surface area (Å²) >= 11 is 0. The Bertz CT molecular complexity index is 616. The van der Waals surface area contributed by atoms with Crippen LogP contribution >= 0.6 is 0 Å². The predicted molar refractivity (Wildman–Crippen MR) is 95.8 cm³/mol. The minimum absolute atomic E-state index is 0.0950. The summed E-state index contributed by atoms with van der Waals surface area (Å²) in [5, 5.41) is 5.91. The van der Waals surface area contributed by atoms with Gasteiger partial charge in [0, 0.05) is 23.2 Å². The van der Waals surface area contributed by atoms with Gasteiger partial charge < -0.3 is 10.6 Å². The Morgan fingerprint density at radius 3 is 2.33 bits per heavy atom. The van der Waals surface area contributed by atoms with Gasteiger partial charge in [-0.15, -0.1) is 0 Å². The largest absolute Gasteiger partial charge is 0.347 e. The number of fused-ring (bicyclic) bond motifs is 2. The zero-order valence-electron chi connectivity index (χ0n) is 14.9. The summed E-state index contributed by atoms with van der Waals surface area (Å²) in [5.74, 6) is 2.21. The molecule has 0 aromatic heterocycles. The monoisotopic (exact) mass is 328 g/mol. The molecule has 3 atom stereocenters. The molecule has 0 spiro atoms. The topological polar surface area (TPSA) is 58.2 Å². The zero-order valence-corrected chi connectivity index (χ0v) is 14.9. The molecule has 2 bridgehead atoms. The van der Waals surface area contributed by atoms with Crippen LogP contribution in [-0.2, 0) is 4.79 Å². The van der Waals surface area contributed by atoms with E-state index in [4.69, 9.17) is 0 Å². The van der Waals surface area contributed by atoms with Gasteiger partial charge in [-0.05, 0) is 82.1 Å². The highest BCUT2D eigenvalue weighted by Crippen LogP contribution is 2.49. The van der Waals surface area contributed by atoms with Crippen molar-refractivity contribution in [1.82, 2.24) is 5.32 Å². The molecule has 4 heteroatoms. The molecule has 1 aromatic carbocycles. The lowest BCUT2D eigenvalue weighted by atomic mass is 9.86. The maximum absolute atomic E-state index is 12.3. The van der Waals surface area contributed by atoms with Crippen LogP contribution in [-0.4, -0.2) is 17.4 Å². The van der Waals surface area contributed by atoms with E-state index in [-0.39, 0.29) is 17.4 Å². The average molecular weight is 328 g/mol. The van der Waals surface area contributed by atoms with Gasteiger partial charge in [0.25, 0.3) is 5.91 Å². The fourth-order valence-electron chi connectivity index (χ4n) is 4.19. The van der Waals surface area contributed by atoms with E-state index in [1.807, 2.05) is 20.8 Å². The van der Waals surface area contributed by atoms with E-state index < -0.39 is 0 Å². The third-order valence-corrected chi connectivity index (χ3v) is 5.25. The third kappa shape index (κ3) is 4.16. The van der Waals surface area contributed by atoms with E-state index in [2.05, 4.69) is 10.6 Å². The zero-order chi connectivity index (χ0) is 17.3. The normalized spacial score (nSPS) is 25.5. The van der Waals surface area contributed by atoms with Crippen LogP contribution in [0.1, 0.15) is 63.2 Å². The molecule has 0 heterocycles. The van der Waals surface area contributed by atoms with Crippen molar-refractivity contribution < 1.29 is 9.59 Å². The molecule has 4 nitrogen and oxygen atoms in total. The second-order valence-corrected chi connectivity index (χ2v) is 8.47. The summed E-state index contributed by atoms with van der Waals surface area (Å²) in [6, 6.07) is 7.12. The van der Waals surface area contributed by atoms with Gasteiger partial charge in [0.05, 0.1) is 0 Å². The average Bonchev–Trinajstić information content (AvgIpc) is 3.08. The summed E-state index contributed by atoms with van der Waals surface area (Å²) in [4.78, 5) is 24.4. The highest BCUT2D eigenvalue weighted by atomic mass is 16.2. The molecule has 2 fully saturated rings. The van der Waals surface area contributed by atoms with E-state index in [9.17, 15) is 9.59 Å². The lowest BCUT2D eigenvalue weighted by molar-refractivity contribution is -0.117. The highest BCUT2D eigenvalue weighted by Gasteiger charge is 2.40. The first-order valence-corrected chi connectivity index (χ1v) is 9.02. The third-order valence-electron chi connectivity index (χ3n) is 5.25. The molecule has 2 amide bonds. The molecule has 3 rings (SSSR count). The van der Waals surface area contributed by atoms with E-state index in [1.165, 1.54) is 25.7 Å². The highest BCUT2D eigenvalue weighted by molar-refractivity contribution is 5.96. The van der Waals surface area contributed by atoms with Gasteiger partial charge in [-0.2, -0.15) is 0 Å². The molecule has 2 aliphatic carbocycles. The Morgan fingerprint density at radius 2 is 1.79 bits per heavy atom. The van der Waals surface area contributed by atoms with Crippen molar-refractivity contribution in [2.75, 3.05) is 5.32 Å². The SMILES string of the molecule is CC(C)(C)NC(=O)c1ccc(NC(=O)C[C@@H]2C[C@H]3CC[C@H]2C3)cc1. The molecule has 130 valence electrons. The van der Waals surface area contributed by atoms with Gasteiger partial charge in [-0.25, -0.2) is 0 Å². The Balaban J connectivity index is 1.52. The molecule has 2 N–H and O–H groups in total. The quantitative estimate of drug-likeness (QED) is 0.878. The van der Waals surface area contributed by atoms with Crippen LogP contribution in [0.25, 0.3) is 0 Å². The van der Waals surface area contributed by atoms with Crippen LogP contribution < -0.4 is 10.6 Å². The van der Waals surface area contributed by atoms with Crippen LogP contribution in [0.15, 0.2) is 24.3 Å². The molecular weight excluding hydrogens is 300 g/mol. The van der Waals surface area contributed by atoms with Gasteiger partial charge in [-0.1, -0.05) is 6.42 Å². The predicted octanol–water partition coefficient (Wildman–Crippen LogP) is 3.98. The Labute approximate surface area is 144 Å². The maximum atomic E-state index is 12.3. The number of benzene rings is 1. The molecule has 1 aromatic rings. The molecule has 0 aliphatic heterocycles. The number of rotatable bonds is 4. The molecule has 24 heavy (non-hydrogen) atoms. The molecule has 0 saturated heterocycles. The lowest BCUT2D eigenvalue weighted by Crippen LogP contribution is -2.40. The fourth-order valence-corrected chi connectivity index (χ4v) is 4.19. The summed E-state index contributed by atoms with van der Waals surface area (Å²) in [6.07, 6.45) is 5.86. The van der Waals surface area contributed by atoms with Crippen molar-refractivity contribution in [1.29, 1.82) is 0 Å². The van der Waals surface area contributed by atoms with Gasteiger partial charge in [0.15, 0.2) is 0 Å². The minimum atomic E-state index is -0.259. The number of hydrogen-bond donors (Lipinski definition) is 2. The maximum Gasteiger partial charge on any atom is 0.251 e. The molecule has 0 unspecified atom stereocenters. The Morgan fingerprint density at radius 1 is 1.08 bits per heavy atom. The van der Waals surface area contributed by atoms with Crippen molar-refractivity contribution in [2.45, 2.75) is 58.4 Å². The number of hydrogen-bond acceptors (Lipinski definition) is 2. The van der Waals surface area contributed by atoms with E-state index in [1.54, 1.807) is 24.3 Å². The van der Waals surface area contributed by atoms with E-state index in [0.717, 1.165) is 17.5 Å². The van der Waals surface area contributed by atoms with E-state index >= 15 is 0 Å². The van der Waals surface area contributed by atoms with Crippen molar-refractivity contribution in [2.24, 2.45) is 17.8 Å². The number of carbonyl (C=O) groups excluding carboxylic acids is 2. The Kier molecular flexibility index (Phi) is 4.66. The van der Waals surface area contributed by atoms with Crippen molar-refractivity contribution in [3.05, 3.63) is 29.8 Å². The van der Waals surface area contributed by atoms with Gasteiger partial charge in [0.1, 0.15) is 0 Å². The minimum Gasteiger partial charge on any atom is -0.347 e. The standard InChI is InChI=1S/C20H28N2O2/c1-20(2,3)22-19(24)14-6-8-17(9-7-14)21-18(23)12-16-11-13-4-5-15(16)10-13/h6-9,13,15-16H,4-5,10-12H2,1-3H3,(H,21,23)(H,22,24)/t13-,15-,16-/m0/s1. The summed E-state index contributed by atoms with van der Waals surface area (Å²) < 4.78 is 0. The van der Waals surface area contributed by atoms with Crippen LogP contribution in [0.2, 0.25) is 0 Å². The summed E-state index contributed by atoms with van der Waals surface area (Å²) in [6.45, 7) is 5.86. The molecule has 2 saturated carbocycles. The first-order chi connectivity index (χ1) is 11.3. The molecule has 2 aliphatic rings. The van der Waals surface area contributed by atoms with Crippen LogP contribution in [0, 0.1) is 17.8 Å². The second-order valence-electron chi connectivity index (χ2n) is 8.47. The second kappa shape index (κ2) is 6.58. The lowest BCUT2D eigenvalue weighted by Gasteiger charge is -2.21. The number of carbonyl (C=O) groups is 2. The van der Waals surface area contributed by atoms with Crippen molar-refractivity contribution >= 4 is 17.5 Å². The van der Waals surface area contributed by atoms with Crippen LogP contribution in [0.4, 0.5) is 5.69 Å². The summed E-state index contributed by atoms with van der Waals surface area (Å²) in [5.41, 5.74) is 1.11. The number of nitrogens with one attached hydrogen (secondary N) is 2. The van der Waals surface area contributed by atoms with Gasteiger partial charge in [0.2, 0.25) is 5.91 Å².